The Kier molecular flexibility index (Phi) is 10.2. The third kappa shape index (κ3) is 7.15. The van der Waals surface area contributed by atoms with Crippen LogP contribution in [0.4, 0.5) is 0 Å². The van der Waals surface area contributed by atoms with Crippen LogP contribution in [0.3, 0.4) is 0 Å². The minimum atomic E-state index is -0.100. The molecular weight excluding hydrogens is 428 g/mol. The van der Waals surface area contributed by atoms with Crippen LogP contribution in [0.1, 0.15) is 35.1 Å². The first kappa shape index (κ1) is 25.4. The van der Waals surface area contributed by atoms with Crippen LogP contribution in [0.2, 0.25) is 0 Å². The molecule has 0 radical (unpaired) electrons. The molecule has 0 bridgehead atoms. The topological polar surface area (TPSA) is 95.4 Å². The van der Waals surface area contributed by atoms with E-state index in [1.165, 1.54) is 15.3 Å². The van der Waals surface area contributed by atoms with E-state index in [2.05, 4.69) is 17.9 Å². The Balaban J connectivity index is 1.37. The van der Waals surface area contributed by atoms with Crippen LogP contribution in [0.25, 0.3) is 0 Å². The van der Waals surface area contributed by atoms with Crippen LogP contribution in [0, 0.1) is 0 Å². The molecule has 0 saturated carbocycles. The van der Waals surface area contributed by atoms with Gasteiger partial charge < -0.3 is 29.7 Å². The van der Waals surface area contributed by atoms with Crippen molar-refractivity contribution in [2.75, 3.05) is 72.9 Å². The lowest BCUT2D eigenvalue weighted by atomic mass is 9.82. The highest BCUT2D eigenvalue weighted by molar-refractivity contribution is 7.12. The number of aryl methyl sites for hydroxylation is 1. The van der Waals surface area contributed by atoms with Gasteiger partial charge in [0.05, 0.1) is 51.8 Å². The van der Waals surface area contributed by atoms with Gasteiger partial charge in [-0.15, -0.1) is 11.3 Å². The number of thiophene rings is 1. The van der Waals surface area contributed by atoms with Gasteiger partial charge in [-0.05, 0) is 30.9 Å². The summed E-state index contributed by atoms with van der Waals surface area (Å²) in [4.78, 5) is 5.40. The normalized spacial score (nSPS) is 18.8. The molecule has 0 amide bonds. The van der Waals surface area contributed by atoms with Gasteiger partial charge in [-0.25, -0.2) is 5.84 Å². The zero-order chi connectivity index (χ0) is 22.8. The summed E-state index contributed by atoms with van der Waals surface area (Å²) in [5, 5.41) is 1.60. The smallest absolute Gasteiger partial charge is 0.0966 e. The number of nitrogens with zero attached hydrogens (tertiary/aromatic N) is 2. The number of likely N-dealkylation sites (tertiary alicyclic amines) is 1. The molecule has 182 valence electrons. The molecule has 2 aliphatic heterocycles. The van der Waals surface area contributed by atoms with Crippen molar-refractivity contribution in [3.8, 4) is 0 Å². The fourth-order valence-corrected chi connectivity index (χ4v) is 5.52. The highest BCUT2D eigenvalue weighted by Gasteiger charge is 2.41. The van der Waals surface area contributed by atoms with Crippen molar-refractivity contribution in [2.45, 2.75) is 38.2 Å². The standard InChI is InChI=1S/C23H40N4O4S/c1-3-20-16-21-22(32-20)4-10-31-23(21)5-7-26(8-6-23)17-19(24)18-27(25)9-11-29-14-15-30-13-12-28-2/h16,18H,3-15,17,24-25H2,1-2H3/b19-18-. The van der Waals surface area contributed by atoms with Gasteiger partial charge in [-0.1, -0.05) is 6.92 Å². The largest absolute Gasteiger partial charge is 0.400 e. The van der Waals surface area contributed by atoms with Crippen molar-refractivity contribution in [2.24, 2.45) is 11.6 Å². The number of nitrogens with two attached hydrogens (primary N) is 2. The number of methoxy groups -OCH3 is 1. The molecule has 0 atom stereocenters. The maximum Gasteiger partial charge on any atom is 0.0966 e. The summed E-state index contributed by atoms with van der Waals surface area (Å²) >= 11 is 1.97. The Morgan fingerprint density at radius 2 is 1.94 bits per heavy atom. The van der Waals surface area contributed by atoms with E-state index in [4.69, 9.17) is 30.5 Å². The van der Waals surface area contributed by atoms with E-state index in [0.29, 0.717) is 46.1 Å². The molecule has 4 N–H and O–H groups in total. The Bertz CT molecular complexity index is 719. The van der Waals surface area contributed by atoms with Crippen molar-refractivity contribution in [1.82, 2.24) is 9.91 Å². The SMILES string of the molecule is CCc1cc2c(s1)CCOC21CCN(C/C(N)=C/N(N)CCOCCOCCOC)CC1. The van der Waals surface area contributed by atoms with Crippen LogP contribution >= 0.6 is 11.3 Å². The summed E-state index contributed by atoms with van der Waals surface area (Å²) in [5.74, 6) is 6.05. The summed E-state index contributed by atoms with van der Waals surface area (Å²) < 4.78 is 22.2. The van der Waals surface area contributed by atoms with E-state index in [1.54, 1.807) is 12.1 Å². The third-order valence-electron chi connectivity index (χ3n) is 6.11. The van der Waals surface area contributed by atoms with Crippen molar-refractivity contribution in [1.29, 1.82) is 0 Å². The Morgan fingerprint density at radius 3 is 2.66 bits per heavy atom. The van der Waals surface area contributed by atoms with Gasteiger partial charge in [0, 0.05) is 54.8 Å². The van der Waals surface area contributed by atoms with Gasteiger partial charge in [0.2, 0.25) is 0 Å². The summed E-state index contributed by atoms with van der Waals surface area (Å²) in [5.41, 5.74) is 8.38. The molecule has 0 unspecified atom stereocenters. The number of piperidine rings is 1. The minimum Gasteiger partial charge on any atom is -0.400 e. The Hall–Kier alpha value is -1.20. The van der Waals surface area contributed by atoms with E-state index in [0.717, 1.165) is 51.1 Å². The van der Waals surface area contributed by atoms with E-state index in [9.17, 15) is 0 Å². The van der Waals surface area contributed by atoms with Crippen LogP contribution in [-0.4, -0.2) is 82.8 Å². The second-order valence-electron chi connectivity index (χ2n) is 8.43. The molecule has 1 aromatic rings. The zero-order valence-electron chi connectivity index (χ0n) is 19.6. The molecule has 1 saturated heterocycles. The first-order valence-corrected chi connectivity index (χ1v) is 12.5. The molecule has 3 rings (SSSR count). The number of hydrogen-bond acceptors (Lipinski definition) is 9. The minimum absolute atomic E-state index is 0.100. The number of fused-ring (bicyclic) bond motifs is 2. The molecule has 1 fully saturated rings. The van der Waals surface area contributed by atoms with Gasteiger partial charge in [-0.3, -0.25) is 4.90 Å². The molecule has 0 aliphatic carbocycles. The molecule has 32 heavy (non-hydrogen) atoms. The molecular formula is C23H40N4O4S. The second-order valence-corrected chi connectivity index (χ2v) is 9.65. The van der Waals surface area contributed by atoms with Gasteiger partial charge in [0.15, 0.2) is 0 Å². The van der Waals surface area contributed by atoms with Gasteiger partial charge in [-0.2, -0.15) is 0 Å². The number of ether oxygens (including phenoxy) is 4. The third-order valence-corrected chi connectivity index (χ3v) is 7.45. The molecule has 0 aromatic carbocycles. The molecule has 8 nitrogen and oxygen atoms in total. The lowest BCUT2D eigenvalue weighted by molar-refractivity contribution is -0.0961. The average molecular weight is 469 g/mol. The summed E-state index contributed by atoms with van der Waals surface area (Å²) in [6.07, 6.45) is 5.99. The second kappa shape index (κ2) is 12.9. The monoisotopic (exact) mass is 468 g/mol. The van der Waals surface area contributed by atoms with Gasteiger partial charge in [0.25, 0.3) is 0 Å². The molecule has 3 heterocycles. The van der Waals surface area contributed by atoms with Crippen molar-refractivity contribution in [3.05, 3.63) is 33.3 Å². The lowest BCUT2D eigenvalue weighted by Gasteiger charge is -2.44. The summed E-state index contributed by atoms with van der Waals surface area (Å²) in [6, 6.07) is 2.39. The van der Waals surface area contributed by atoms with Crippen LogP contribution in [0.15, 0.2) is 18.0 Å². The Labute approximate surface area is 196 Å². The van der Waals surface area contributed by atoms with E-state index in [-0.39, 0.29) is 5.60 Å². The number of hydrogen-bond donors (Lipinski definition) is 2. The van der Waals surface area contributed by atoms with E-state index < -0.39 is 0 Å². The van der Waals surface area contributed by atoms with Gasteiger partial charge >= 0.3 is 0 Å². The van der Waals surface area contributed by atoms with E-state index in [1.807, 2.05) is 17.5 Å². The number of rotatable bonds is 13. The summed E-state index contributed by atoms with van der Waals surface area (Å²) in [7, 11) is 1.66. The Morgan fingerprint density at radius 1 is 1.22 bits per heavy atom. The van der Waals surface area contributed by atoms with Crippen molar-refractivity contribution < 1.29 is 18.9 Å². The van der Waals surface area contributed by atoms with Crippen molar-refractivity contribution in [3.63, 3.8) is 0 Å². The maximum atomic E-state index is 6.38. The van der Waals surface area contributed by atoms with Crippen LogP contribution in [0.5, 0.6) is 0 Å². The van der Waals surface area contributed by atoms with Crippen LogP contribution < -0.4 is 11.6 Å². The summed E-state index contributed by atoms with van der Waals surface area (Å²) in [6.45, 7) is 9.12. The molecule has 1 spiro atoms. The fraction of sp³-hybridized carbons (Fsp3) is 0.739. The highest BCUT2D eigenvalue weighted by atomic mass is 32.1. The maximum absolute atomic E-state index is 6.38. The average Bonchev–Trinajstić information content (AvgIpc) is 3.22. The molecule has 9 heteroatoms. The fourth-order valence-electron chi connectivity index (χ4n) is 4.34. The molecule has 1 aromatic heterocycles. The quantitative estimate of drug-likeness (QED) is 0.257. The predicted octanol–water partition coefficient (Wildman–Crippen LogP) is 1.83. The first-order valence-electron chi connectivity index (χ1n) is 11.7. The molecule has 2 aliphatic rings. The van der Waals surface area contributed by atoms with E-state index >= 15 is 0 Å². The van der Waals surface area contributed by atoms with Crippen LogP contribution in [-0.2, 0) is 37.4 Å². The lowest BCUT2D eigenvalue weighted by Crippen LogP contribution is -2.47. The predicted molar refractivity (Wildman–Crippen MR) is 127 cm³/mol. The van der Waals surface area contributed by atoms with Gasteiger partial charge in [0.1, 0.15) is 0 Å². The van der Waals surface area contributed by atoms with Crippen molar-refractivity contribution >= 4 is 11.3 Å². The first-order chi connectivity index (χ1) is 15.6. The zero-order valence-corrected chi connectivity index (χ0v) is 20.5. The number of hydrazine groups is 1. The highest BCUT2D eigenvalue weighted by Crippen LogP contribution is 2.44.